The van der Waals surface area contributed by atoms with Gasteiger partial charge in [-0.15, -0.1) is 0 Å². The van der Waals surface area contributed by atoms with E-state index >= 15 is 0 Å². The molecular formula is C19H20ClN3O3. The SMILES string of the molecule is COc1cc(-c2c(C#N)c(N)nc3c2COCC3)c(Cl)cc1OC(C)C. The van der Waals surface area contributed by atoms with E-state index in [9.17, 15) is 5.26 Å². The number of aromatic nitrogens is 1. The van der Waals surface area contributed by atoms with Gasteiger partial charge in [-0.25, -0.2) is 4.98 Å². The van der Waals surface area contributed by atoms with Crippen molar-refractivity contribution in [2.24, 2.45) is 0 Å². The van der Waals surface area contributed by atoms with Crippen molar-refractivity contribution >= 4 is 17.4 Å². The smallest absolute Gasteiger partial charge is 0.163 e. The lowest BCUT2D eigenvalue weighted by atomic mass is 9.92. The van der Waals surface area contributed by atoms with Gasteiger partial charge in [0, 0.05) is 29.2 Å². The van der Waals surface area contributed by atoms with Gasteiger partial charge in [0.25, 0.3) is 0 Å². The highest BCUT2D eigenvalue weighted by molar-refractivity contribution is 6.33. The van der Waals surface area contributed by atoms with Crippen LogP contribution in [0.4, 0.5) is 5.82 Å². The summed E-state index contributed by atoms with van der Waals surface area (Å²) in [5, 5.41) is 10.1. The minimum Gasteiger partial charge on any atom is -0.493 e. The normalized spacial score (nSPS) is 13.2. The Labute approximate surface area is 157 Å². The first kappa shape index (κ1) is 18.3. The second-order valence-corrected chi connectivity index (χ2v) is 6.64. The fourth-order valence-electron chi connectivity index (χ4n) is 3.04. The predicted molar refractivity (Wildman–Crippen MR) is 99.5 cm³/mol. The molecule has 0 bridgehead atoms. The molecule has 0 spiro atoms. The molecule has 1 aromatic carbocycles. The number of nitrogens with zero attached hydrogens (tertiary/aromatic N) is 2. The summed E-state index contributed by atoms with van der Waals surface area (Å²) in [7, 11) is 1.56. The number of nitrogens with two attached hydrogens (primary N) is 1. The monoisotopic (exact) mass is 373 g/mol. The lowest BCUT2D eigenvalue weighted by molar-refractivity contribution is 0.109. The zero-order chi connectivity index (χ0) is 18.8. The van der Waals surface area contributed by atoms with Crippen molar-refractivity contribution in [3.8, 4) is 28.7 Å². The van der Waals surface area contributed by atoms with E-state index in [1.807, 2.05) is 13.8 Å². The summed E-state index contributed by atoms with van der Waals surface area (Å²) in [5.74, 6) is 1.27. The highest BCUT2D eigenvalue weighted by atomic mass is 35.5. The number of halogens is 1. The van der Waals surface area contributed by atoms with Crippen LogP contribution in [0.15, 0.2) is 12.1 Å². The van der Waals surface area contributed by atoms with E-state index in [-0.39, 0.29) is 17.5 Å². The number of hydrogen-bond donors (Lipinski definition) is 1. The first-order valence-corrected chi connectivity index (χ1v) is 8.67. The number of nitriles is 1. The number of pyridine rings is 1. The first-order valence-electron chi connectivity index (χ1n) is 8.29. The van der Waals surface area contributed by atoms with E-state index in [4.69, 9.17) is 31.5 Å². The Kier molecular flexibility index (Phi) is 5.21. The molecule has 6 nitrogen and oxygen atoms in total. The number of ether oxygens (including phenoxy) is 3. The highest BCUT2D eigenvalue weighted by Gasteiger charge is 2.25. The van der Waals surface area contributed by atoms with Gasteiger partial charge in [0.2, 0.25) is 0 Å². The van der Waals surface area contributed by atoms with Crippen molar-refractivity contribution in [1.29, 1.82) is 5.26 Å². The highest BCUT2D eigenvalue weighted by Crippen LogP contribution is 2.43. The van der Waals surface area contributed by atoms with Gasteiger partial charge in [-0.3, -0.25) is 0 Å². The van der Waals surface area contributed by atoms with Crippen LogP contribution in [0.1, 0.15) is 30.7 Å². The third-order valence-electron chi connectivity index (χ3n) is 4.14. The van der Waals surface area contributed by atoms with Gasteiger partial charge in [0.1, 0.15) is 17.5 Å². The predicted octanol–water partition coefficient (Wildman–Crippen LogP) is 3.72. The van der Waals surface area contributed by atoms with Crippen LogP contribution < -0.4 is 15.2 Å². The van der Waals surface area contributed by atoms with E-state index in [2.05, 4.69) is 11.1 Å². The van der Waals surface area contributed by atoms with Crippen LogP contribution >= 0.6 is 11.6 Å². The topological polar surface area (TPSA) is 90.4 Å². The Balaban J connectivity index is 2.27. The largest absolute Gasteiger partial charge is 0.493 e. The van der Waals surface area contributed by atoms with Gasteiger partial charge in [0.15, 0.2) is 11.5 Å². The molecule has 1 aliphatic rings. The van der Waals surface area contributed by atoms with E-state index < -0.39 is 0 Å². The standard InChI is InChI=1S/C19H20ClN3O3/c1-10(2)26-17-7-14(20)11(6-16(17)24-3)18-12(8-21)19(22)23-15-4-5-25-9-13(15)18/h6-7,10H,4-5,9H2,1-3H3,(H2,22,23). The van der Waals surface area contributed by atoms with Crippen LogP contribution in [0.25, 0.3) is 11.1 Å². The Bertz CT molecular complexity index is 891. The number of nitrogen functional groups attached to an aromatic ring is 1. The molecule has 0 saturated carbocycles. The van der Waals surface area contributed by atoms with Crippen LogP contribution in [0.2, 0.25) is 5.02 Å². The maximum absolute atomic E-state index is 9.64. The summed E-state index contributed by atoms with van der Waals surface area (Å²) >= 11 is 6.55. The molecule has 2 heterocycles. The summed E-state index contributed by atoms with van der Waals surface area (Å²) in [6.45, 7) is 4.77. The van der Waals surface area contributed by atoms with Crippen molar-refractivity contribution in [3.05, 3.63) is 34.0 Å². The number of fused-ring (bicyclic) bond motifs is 1. The zero-order valence-electron chi connectivity index (χ0n) is 14.9. The molecule has 0 saturated heterocycles. The fraction of sp³-hybridized carbons (Fsp3) is 0.368. The van der Waals surface area contributed by atoms with Gasteiger partial charge in [-0.1, -0.05) is 11.6 Å². The average molecular weight is 374 g/mol. The molecule has 1 aromatic heterocycles. The zero-order valence-corrected chi connectivity index (χ0v) is 15.7. The molecule has 7 heteroatoms. The summed E-state index contributed by atoms with van der Waals surface area (Å²) < 4.78 is 16.8. The van der Waals surface area contributed by atoms with Crippen molar-refractivity contribution in [2.75, 3.05) is 19.5 Å². The molecule has 0 radical (unpaired) electrons. The third kappa shape index (κ3) is 3.28. The minimum atomic E-state index is -0.0294. The van der Waals surface area contributed by atoms with E-state index in [0.29, 0.717) is 47.3 Å². The second kappa shape index (κ2) is 7.40. The lowest BCUT2D eigenvalue weighted by Crippen LogP contribution is -2.16. The van der Waals surface area contributed by atoms with Crippen LogP contribution in [-0.2, 0) is 17.8 Å². The van der Waals surface area contributed by atoms with Gasteiger partial charge in [-0.05, 0) is 19.9 Å². The van der Waals surface area contributed by atoms with Gasteiger partial charge in [0.05, 0.1) is 37.1 Å². The quantitative estimate of drug-likeness (QED) is 0.878. The van der Waals surface area contributed by atoms with Gasteiger partial charge < -0.3 is 19.9 Å². The number of anilines is 1. The average Bonchev–Trinajstić information content (AvgIpc) is 2.60. The van der Waals surface area contributed by atoms with Gasteiger partial charge in [-0.2, -0.15) is 5.26 Å². The van der Waals surface area contributed by atoms with E-state index in [0.717, 1.165) is 11.3 Å². The minimum absolute atomic E-state index is 0.0294. The molecule has 2 N–H and O–H groups in total. The molecule has 0 aliphatic carbocycles. The third-order valence-corrected chi connectivity index (χ3v) is 4.45. The van der Waals surface area contributed by atoms with Gasteiger partial charge >= 0.3 is 0 Å². The van der Waals surface area contributed by atoms with Crippen molar-refractivity contribution in [3.63, 3.8) is 0 Å². The number of methoxy groups -OCH3 is 1. The number of rotatable bonds is 4. The molecule has 0 atom stereocenters. The van der Waals surface area contributed by atoms with Crippen LogP contribution in [0.3, 0.4) is 0 Å². The lowest BCUT2D eigenvalue weighted by Gasteiger charge is -2.23. The van der Waals surface area contributed by atoms with Crippen molar-refractivity contribution in [1.82, 2.24) is 4.98 Å². The molecule has 0 fully saturated rings. The summed E-state index contributed by atoms with van der Waals surface area (Å²) in [4.78, 5) is 4.38. The fourth-order valence-corrected chi connectivity index (χ4v) is 3.29. The molecule has 0 amide bonds. The van der Waals surface area contributed by atoms with Crippen LogP contribution in [0.5, 0.6) is 11.5 Å². The molecule has 136 valence electrons. The maximum Gasteiger partial charge on any atom is 0.163 e. The second-order valence-electron chi connectivity index (χ2n) is 6.24. The Hall–Kier alpha value is -2.49. The molecule has 3 rings (SSSR count). The first-order chi connectivity index (χ1) is 12.5. The summed E-state index contributed by atoms with van der Waals surface area (Å²) in [5.41, 5.74) is 9.29. The number of hydrogen-bond acceptors (Lipinski definition) is 6. The van der Waals surface area contributed by atoms with Crippen molar-refractivity contribution < 1.29 is 14.2 Å². The molecule has 1 aliphatic heterocycles. The summed E-state index contributed by atoms with van der Waals surface area (Å²) in [6.07, 6.45) is 0.611. The molecule has 2 aromatic rings. The molecule has 0 unspecified atom stereocenters. The Morgan fingerprint density at radius 1 is 1.35 bits per heavy atom. The maximum atomic E-state index is 9.64. The Morgan fingerprint density at radius 3 is 2.77 bits per heavy atom. The van der Waals surface area contributed by atoms with E-state index in [1.165, 1.54) is 0 Å². The summed E-state index contributed by atoms with van der Waals surface area (Å²) in [6, 6.07) is 5.62. The van der Waals surface area contributed by atoms with E-state index in [1.54, 1.807) is 19.2 Å². The number of benzene rings is 1. The van der Waals surface area contributed by atoms with Crippen molar-refractivity contribution in [2.45, 2.75) is 33.0 Å². The molecule has 26 heavy (non-hydrogen) atoms. The van der Waals surface area contributed by atoms with Crippen LogP contribution in [0, 0.1) is 11.3 Å². The van der Waals surface area contributed by atoms with Crippen LogP contribution in [-0.4, -0.2) is 24.8 Å². The molecular weight excluding hydrogens is 354 g/mol. The Morgan fingerprint density at radius 2 is 2.12 bits per heavy atom.